The van der Waals surface area contributed by atoms with Crippen molar-refractivity contribution < 1.29 is 9.59 Å². The van der Waals surface area contributed by atoms with Crippen LogP contribution in [0.2, 0.25) is 0 Å². The lowest BCUT2D eigenvalue weighted by Gasteiger charge is -2.11. The average molecular weight is 332 g/mol. The van der Waals surface area contributed by atoms with Gasteiger partial charge in [0.1, 0.15) is 0 Å². The number of carbonyl (C=O) groups excluding carboxylic acids is 2. The molecule has 1 aliphatic heterocycles. The van der Waals surface area contributed by atoms with Crippen molar-refractivity contribution >= 4 is 23.7 Å². The Morgan fingerprint density at radius 3 is 2.78 bits per heavy atom. The third-order valence-electron chi connectivity index (χ3n) is 3.45. The number of amides is 3. The molecule has 0 atom stereocenters. The first-order valence-corrected chi connectivity index (χ1v) is 8.24. The second kappa shape index (κ2) is 6.78. The fraction of sp³-hybridized carbons (Fsp3) is 0.357. The number of nitrogens with zero attached hydrogens (tertiary/aromatic N) is 5. The van der Waals surface area contributed by atoms with E-state index in [-0.39, 0.29) is 17.7 Å². The van der Waals surface area contributed by atoms with Gasteiger partial charge < -0.3 is 9.88 Å². The number of carbonyl (C=O) groups is 2. The predicted octanol–water partition coefficient (Wildman–Crippen LogP) is 1.00. The summed E-state index contributed by atoms with van der Waals surface area (Å²) in [7, 11) is 0. The summed E-state index contributed by atoms with van der Waals surface area (Å²) in [6.45, 7) is 3.60. The van der Waals surface area contributed by atoms with E-state index in [0.29, 0.717) is 24.8 Å². The van der Waals surface area contributed by atoms with Crippen molar-refractivity contribution in [3.63, 3.8) is 0 Å². The minimum absolute atomic E-state index is 0.155. The van der Waals surface area contributed by atoms with Crippen molar-refractivity contribution in [3.05, 3.63) is 24.5 Å². The standard InChI is InChI=1S/C14H16N6O2S/c1-2-19-12(10-3-5-15-6-4-10)17-18-14(19)23-9-11(21)20-8-7-16-13(20)22/h3-6H,2,7-9H2,1H3,(H,16,22). The van der Waals surface area contributed by atoms with Gasteiger partial charge in [-0.05, 0) is 19.1 Å². The summed E-state index contributed by atoms with van der Waals surface area (Å²) in [6.07, 6.45) is 3.40. The van der Waals surface area contributed by atoms with Crippen LogP contribution in [0.15, 0.2) is 29.7 Å². The van der Waals surface area contributed by atoms with Crippen molar-refractivity contribution in [1.82, 2.24) is 30.0 Å². The fourth-order valence-electron chi connectivity index (χ4n) is 2.31. The zero-order valence-electron chi connectivity index (χ0n) is 12.6. The maximum absolute atomic E-state index is 12.1. The second-order valence-corrected chi connectivity index (χ2v) is 5.79. The molecule has 0 radical (unpaired) electrons. The van der Waals surface area contributed by atoms with Crippen LogP contribution in [0, 0.1) is 0 Å². The highest BCUT2D eigenvalue weighted by atomic mass is 32.2. The number of pyridine rings is 1. The Bertz CT molecular complexity index is 717. The lowest BCUT2D eigenvalue weighted by Crippen LogP contribution is -2.35. The van der Waals surface area contributed by atoms with E-state index in [2.05, 4.69) is 20.5 Å². The summed E-state index contributed by atoms with van der Waals surface area (Å²) >= 11 is 1.29. The molecule has 8 nitrogen and oxygen atoms in total. The van der Waals surface area contributed by atoms with E-state index in [0.717, 1.165) is 11.4 Å². The Balaban J connectivity index is 1.72. The fourth-order valence-corrected chi connectivity index (χ4v) is 3.19. The van der Waals surface area contributed by atoms with E-state index in [1.807, 2.05) is 23.6 Å². The molecule has 1 N–H and O–H groups in total. The zero-order valence-corrected chi connectivity index (χ0v) is 13.4. The second-order valence-electron chi connectivity index (χ2n) is 4.85. The average Bonchev–Trinajstić information content (AvgIpc) is 3.19. The molecule has 3 amide bonds. The van der Waals surface area contributed by atoms with Gasteiger partial charge in [0.05, 0.1) is 5.75 Å². The van der Waals surface area contributed by atoms with Crippen LogP contribution in [-0.4, -0.2) is 55.4 Å². The molecular weight excluding hydrogens is 316 g/mol. The monoisotopic (exact) mass is 332 g/mol. The number of hydrogen-bond donors (Lipinski definition) is 1. The first-order chi connectivity index (χ1) is 11.2. The van der Waals surface area contributed by atoms with Gasteiger partial charge in [-0.2, -0.15) is 0 Å². The first kappa shape index (κ1) is 15.5. The SMILES string of the molecule is CCn1c(SCC(=O)N2CCNC2=O)nnc1-c1ccncc1. The minimum Gasteiger partial charge on any atom is -0.336 e. The maximum atomic E-state index is 12.1. The van der Waals surface area contributed by atoms with Crippen molar-refractivity contribution in [1.29, 1.82) is 0 Å². The van der Waals surface area contributed by atoms with E-state index in [4.69, 9.17) is 0 Å². The Labute approximate surface area is 137 Å². The third-order valence-corrected chi connectivity index (χ3v) is 4.41. The van der Waals surface area contributed by atoms with Crippen molar-refractivity contribution in [3.8, 4) is 11.4 Å². The largest absolute Gasteiger partial charge is 0.336 e. The summed E-state index contributed by atoms with van der Waals surface area (Å²) in [5.41, 5.74) is 0.923. The van der Waals surface area contributed by atoms with Crippen LogP contribution in [-0.2, 0) is 11.3 Å². The highest BCUT2D eigenvalue weighted by Gasteiger charge is 2.26. The summed E-state index contributed by atoms with van der Waals surface area (Å²) in [4.78, 5) is 28.8. The van der Waals surface area contributed by atoms with Gasteiger partial charge in [-0.15, -0.1) is 10.2 Å². The number of hydrogen-bond acceptors (Lipinski definition) is 6. The first-order valence-electron chi connectivity index (χ1n) is 7.25. The molecule has 3 rings (SSSR count). The van der Waals surface area contributed by atoms with Gasteiger partial charge in [0.15, 0.2) is 11.0 Å². The Hall–Kier alpha value is -2.42. The molecule has 0 saturated carbocycles. The molecule has 0 aromatic carbocycles. The molecule has 120 valence electrons. The number of aromatic nitrogens is 4. The summed E-state index contributed by atoms with van der Waals surface area (Å²) in [6, 6.07) is 3.40. The summed E-state index contributed by atoms with van der Waals surface area (Å²) in [5.74, 6) is 0.673. The molecule has 0 bridgehead atoms. The maximum Gasteiger partial charge on any atom is 0.324 e. The number of nitrogens with one attached hydrogen (secondary N) is 1. The molecule has 1 saturated heterocycles. The van der Waals surface area contributed by atoms with Gasteiger partial charge >= 0.3 is 6.03 Å². The molecule has 2 aromatic heterocycles. The molecule has 23 heavy (non-hydrogen) atoms. The lowest BCUT2D eigenvalue weighted by atomic mass is 10.2. The van der Waals surface area contributed by atoms with Crippen LogP contribution >= 0.6 is 11.8 Å². The van der Waals surface area contributed by atoms with Gasteiger partial charge in [0.25, 0.3) is 0 Å². The molecule has 0 aliphatic carbocycles. The summed E-state index contributed by atoms with van der Waals surface area (Å²) < 4.78 is 1.94. The Morgan fingerprint density at radius 2 is 2.13 bits per heavy atom. The lowest BCUT2D eigenvalue weighted by molar-refractivity contribution is -0.124. The quantitative estimate of drug-likeness (QED) is 0.821. The normalized spacial score (nSPS) is 14.1. The van der Waals surface area contributed by atoms with Crippen LogP contribution in [0.4, 0.5) is 4.79 Å². The van der Waals surface area contributed by atoms with Gasteiger partial charge in [0.2, 0.25) is 5.91 Å². The molecular formula is C14H16N6O2S. The Morgan fingerprint density at radius 1 is 1.35 bits per heavy atom. The number of urea groups is 1. The van der Waals surface area contributed by atoms with Gasteiger partial charge in [-0.1, -0.05) is 11.8 Å². The van der Waals surface area contributed by atoms with Crippen molar-refractivity contribution in [2.45, 2.75) is 18.6 Å². The van der Waals surface area contributed by atoms with Crippen molar-refractivity contribution in [2.24, 2.45) is 0 Å². The van der Waals surface area contributed by atoms with E-state index in [9.17, 15) is 9.59 Å². The molecule has 1 fully saturated rings. The van der Waals surface area contributed by atoms with E-state index in [1.165, 1.54) is 16.7 Å². The highest BCUT2D eigenvalue weighted by molar-refractivity contribution is 7.99. The third kappa shape index (κ3) is 3.19. The van der Waals surface area contributed by atoms with E-state index < -0.39 is 0 Å². The van der Waals surface area contributed by atoms with Gasteiger partial charge in [-0.3, -0.25) is 14.7 Å². The molecule has 0 spiro atoms. The van der Waals surface area contributed by atoms with Gasteiger partial charge in [0, 0.05) is 37.6 Å². The Kier molecular flexibility index (Phi) is 4.56. The van der Waals surface area contributed by atoms with Crippen LogP contribution in [0.5, 0.6) is 0 Å². The smallest absolute Gasteiger partial charge is 0.324 e. The van der Waals surface area contributed by atoms with Crippen molar-refractivity contribution in [2.75, 3.05) is 18.8 Å². The molecule has 2 aromatic rings. The van der Waals surface area contributed by atoms with E-state index in [1.54, 1.807) is 12.4 Å². The van der Waals surface area contributed by atoms with E-state index >= 15 is 0 Å². The minimum atomic E-state index is -0.329. The number of thioether (sulfide) groups is 1. The predicted molar refractivity (Wildman–Crippen MR) is 84.8 cm³/mol. The molecule has 0 unspecified atom stereocenters. The summed E-state index contributed by atoms with van der Waals surface area (Å²) in [5, 5.41) is 11.6. The highest BCUT2D eigenvalue weighted by Crippen LogP contribution is 2.23. The molecule has 1 aliphatic rings. The van der Waals surface area contributed by atoms with Gasteiger partial charge in [-0.25, -0.2) is 4.79 Å². The van der Waals surface area contributed by atoms with Crippen LogP contribution in [0.1, 0.15) is 6.92 Å². The zero-order chi connectivity index (χ0) is 16.2. The number of imide groups is 1. The van der Waals surface area contributed by atoms with Crippen LogP contribution in [0.3, 0.4) is 0 Å². The van der Waals surface area contributed by atoms with Crippen LogP contribution < -0.4 is 5.32 Å². The molecule has 9 heteroatoms. The molecule has 3 heterocycles. The topological polar surface area (TPSA) is 93.0 Å². The number of rotatable bonds is 5. The van der Waals surface area contributed by atoms with Crippen LogP contribution in [0.25, 0.3) is 11.4 Å².